The van der Waals surface area contributed by atoms with E-state index < -0.39 is 6.04 Å². The van der Waals surface area contributed by atoms with E-state index in [4.69, 9.17) is 9.47 Å². The lowest BCUT2D eigenvalue weighted by molar-refractivity contribution is -0.154. The second-order valence-corrected chi connectivity index (χ2v) is 8.94. The van der Waals surface area contributed by atoms with Gasteiger partial charge >= 0.3 is 5.97 Å². The summed E-state index contributed by atoms with van der Waals surface area (Å²) in [6.45, 7) is 7.03. The van der Waals surface area contributed by atoms with Crippen molar-refractivity contribution in [2.24, 2.45) is 23.2 Å². The summed E-state index contributed by atoms with van der Waals surface area (Å²) in [6.07, 6.45) is 5.11. The molecule has 1 aliphatic heterocycles. The molecule has 0 unspecified atom stereocenters. The molecule has 0 aromatic carbocycles. The number of fused-ring (bicyclic) bond motifs is 1. The van der Waals surface area contributed by atoms with Crippen molar-refractivity contribution in [2.45, 2.75) is 70.6 Å². The molecule has 0 aromatic rings. The number of piperidine rings is 1. The summed E-state index contributed by atoms with van der Waals surface area (Å²) in [5, 5.41) is 0. The lowest BCUT2D eigenvalue weighted by atomic mass is 10.0. The van der Waals surface area contributed by atoms with Crippen LogP contribution in [0.15, 0.2) is 0 Å². The van der Waals surface area contributed by atoms with Crippen LogP contribution in [0.3, 0.4) is 0 Å². The zero-order valence-corrected chi connectivity index (χ0v) is 15.2. The van der Waals surface area contributed by atoms with Crippen molar-refractivity contribution < 1.29 is 19.1 Å². The monoisotopic (exact) mass is 335 g/mol. The molecule has 134 valence electrons. The largest absolute Gasteiger partial charge is 0.467 e. The highest BCUT2D eigenvalue weighted by Crippen LogP contribution is 2.65. The minimum absolute atomic E-state index is 0.0347. The van der Waals surface area contributed by atoms with Crippen molar-refractivity contribution in [3.05, 3.63) is 0 Å². The first kappa shape index (κ1) is 16.4. The Bertz CT molecular complexity index is 564. The van der Waals surface area contributed by atoms with Crippen molar-refractivity contribution in [3.8, 4) is 0 Å². The third-order valence-corrected chi connectivity index (χ3v) is 6.93. The van der Waals surface area contributed by atoms with Crippen LogP contribution in [0.4, 0.5) is 0 Å². The van der Waals surface area contributed by atoms with Gasteiger partial charge in [-0.1, -0.05) is 13.8 Å². The van der Waals surface area contributed by atoms with Crippen LogP contribution in [0, 0.1) is 23.2 Å². The molecule has 0 spiro atoms. The fraction of sp³-hybridized carbons (Fsp3) is 0.895. The van der Waals surface area contributed by atoms with E-state index >= 15 is 0 Å². The van der Waals surface area contributed by atoms with Gasteiger partial charge in [-0.25, -0.2) is 4.79 Å². The van der Waals surface area contributed by atoms with Gasteiger partial charge in [0.1, 0.15) is 6.04 Å². The summed E-state index contributed by atoms with van der Waals surface area (Å²) in [5.41, 5.74) is 0.221. The smallest absolute Gasteiger partial charge is 0.328 e. The number of nitrogens with zero attached hydrogens (tertiary/aromatic N) is 1. The minimum atomic E-state index is -0.409. The summed E-state index contributed by atoms with van der Waals surface area (Å²) in [7, 11) is 1.41. The van der Waals surface area contributed by atoms with Crippen LogP contribution in [0.2, 0.25) is 0 Å². The molecule has 0 radical (unpaired) electrons. The Morgan fingerprint density at radius 1 is 1.25 bits per heavy atom. The molecule has 5 heteroatoms. The van der Waals surface area contributed by atoms with E-state index in [1.54, 1.807) is 4.90 Å². The van der Waals surface area contributed by atoms with E-state index in [1.165, 1.54) is 20.0 Å². The zero-order valence-electron chi connectivity index (χ0n) is 15.2. The molecule has 24 heavy (non-hydrogen) atoms. The van der Waals surface area contributed by atoms with Crippen molar-refractivity contribution >= 4 is 11.9 Å². The molecule has 1 heterocycles. The number of esters is 1. The number of rotatable bonds is 6. The second kappa shape index (κ2) is 5.20. The summed E-state index contributed by atoms with van der Waals surface area (Å²) < 4.78 is 11.2. The Kier molecular flexibility index (Phi) is 3.55. The number of likely N-dealkylation sites (tertiary alicyclic amines) is 1. The first-order chi connectivity index (χ1) is 11.3. The molecule has 5 nitrogen and oxygen atoms in total. The predicted octanol–water partition coefficient (Wildman–Crippen LogP) is 2.38. The van der Waals surface area contributed by atoms with Gasteiger partial charge in [0.2, 0.25) is 5.91 Å². The van der Waals surface area contributed by atoms with Crippen LogP contribution < -0.4 is 0 Å². The second-order valence-electron chi connectivity index (χ2n) is 8.94. The number of methoxy groups -OCH3 is 1. The maximum atomic E-state index is 12.8. The van der Waals surface area contributed by atoms with E-state index in [0.717, 1.165) is 18.8 Å². The average molecular weight is 335 g/mol. The van der Waals surface area contributed by atoms with Crippen LogP contribution in [0.25, 0.3) is 0 Å². The lowest BCUT2D eigenvalue weighted by Crippen LogP contribution is -2.46. The first-order valence-corrected chi connectivity index (χ1v) is 9.35. The van der Waals surface area contributed by atoms with E-state index in [-0.39, 0.29) is 34.9 Å². The summed E-state index contributed by atoms with van der Waals surface area (Å²) in [6, 6.07) is -0.409. The molecule has 3 saturated carbocycles. The fourth-order valence-corrected chi connectivity index (χ4v) is 5.09. The number of hydrogen-bond acceptors (Lipinski definition) is 4. The Morgan fingerprint density at radius 2 is 1.92 bits per heavy atom. The van der Waals surface area contributed by atoms with Gasteiger partial charge in [0.25, 0.3) is 0 Å². The van der Waals surface area contributed by atoms with E-state index in [0.29, 0.717) is 18.9 Å². The lowest BCUT2D eigenvalue weighted by Gasteiger charge is -2.30. The van der Waals surface area contributed by atoms with Crippen molar-refractivity contribution in [1.29, 1.82) is 0 Å². The molecule has 1 amide bonds. The minimum Gasteiger partial charge on any atom is -0.467 e. The Labute approximate surface area is 144 Å². The van der Waals surface area contributed by atoms with Crippen molar-refractivity contribution in [3.63, 3.8) is 0 Å². The quantitative estimate of drug-likeness (QED) is 0.699. The van der Waals surface area contributed by atoms with E-state index in [2.05, 4.69) is 13.8 Å². The highest BCUT2D eigenvalue weighted by atomic mass is 16.5. The predicted molar refractivity (Wildman–Crippen MR) is 88.1 cm³/mol. The van der Waals surface area contributed by atoms with Crippen molar-refractivity contribution in [1.82, 2.24) is 4.90 Å². The van der Waals surface area contributed by atoms with Crippen LogP contribution in [0.1, 0.15) is 52.9 Å². The molecule has 0 N–H and O–H groups in total. The molecule has 4 atom stereocenters. The van der Waals surface area contributed by atoms with Gasteiger partial charge in [-0.15, -0.1) is 0 Å². The highest BCUT2D eigenvalue weighted by molar-refractivity contribution is 5.86. The molecule has 0 aromatic heterocycles. The van der Waals surface area contributed by atoms with E-state index in [9.17, 15) is 9.59 Å². The highest BCUT2D eigenvalue weighted by Gasteiger charge is 2.69. The van der Waals surface area contributed by atoms with Crippen LogP contribution in [-0.4, -0.2) is 48.2 Å². The molecule has 0 bridgehead atoms. The number of amides is 1. The third kappa shape index (κ3) is 2.47. The molecule has 3 aliphatic carbocycles. The molecule has 4 fully saturated rings. The average Bonchev–Trinajstić information content (AvgIpc) is 3.43. The van der Waals surface area contributed by atoms with Gasteiger partial charge in [0.05, 0.1) is 25.2 Å². The normalized spacial score (nSPS) is 36.0. The summed E-state index contributed by atoms with van der Waals surface area (Å²) in [4.78, 5) is 26.8. The topological polar surface area (TPSA) is 55.8 Å². The molecule has 1 saturated heterocycles. The van der Waals surface area contributed by atoms with Crippen LogP contribution in [0.5, 0.6) is 0 Å². The number of hydrogen-bond donors (Lipinski definition) is 0. The van der Waals surface area contributed by atoms with Gasteiger partial charge in [-0.05, 0) is 49.9 Å². The third-order valence-electron chi connectivity index (χ3n) is 6.93. The molecular formula is C19H29NO4. The molecular weight excluding hydrogens is 306 g/mol. The molecule has 4 aliphatic rings. The zero-order chi connectivity index (χ0) is 17.3. The van der Waals surface area contributed by atoms with Crippen LogP contribution >= 0.6 is 0 Å². The van der Waals surface area contributed by atoms with Crippen LogP contribution in [-0.2, 0) is 19.1 Å². The fourth-order valence-electron chi connectivity index (χ4n) is 5.09. The number of carbonyl (C=O) groups is 2. The van der Waals surface area contributed by atoms with Gasteiger partial charge in [-0.3, -0.25) is 4.79 Å². The SMILES string of the molecule is COC(=O)[C@@H]1[C@@H]2[C@H](CN1C(=O)C[C@@H](C)OC1(C3CC3)CC1)C2(C)C. The number of carbonyl (C=O) groups excluding carboxylic acids is 2. The maximum Gasteiger partial charge on any atom is 0.328 e. The first-order valence-electron chi connectivity index (χ1n) is 9.35. The summed E-state index contributed by atoms with van der Waals surface area (Å²) >= 11 is 0. The van der Waals surface area contributed by atoms with Crippen molar-refractivity contribution in [2.75, 3.05) is 13.7 Å². The maximum absolute atomic E-state index is 12.8. The van der Waals surface area contributed by atoms with E-state index in [1.807, 2.05) is 6.92 Å². The van der Waals surface area contributed by atoms with Gasteiger partial charge in [-0.2, -0.15) is 0 Å². The Morgan fingerprint density at radius 3 is 2.46 bits per heavy atom. The van der Waals surface area contributed by atoms with Gasteiger partial charge in [0, 0.05) is 12.5 Å². The Hall–Kier alpha value is -1.10. The van der Waals surface area contributed by atoms with Gasteiger partial charge in [0.15, 0.2) is 0 Å². The van der Waals surface area contributed by atoms with Gasteiger partial charge < -0.3 is 14.4 Å². The number of ether oxygens (including phenoxy) is 2. The standard InChI is InChI=1S/C19H29NO4/c1-11(24-19(7-8-19)12-5-6-12)9-14(21)20-10-13-15(18(13,2)3)16(20)17(22)23-4/h11-13,15-16H,5-10H2,1-4H3/t11-,13+,15+,16+/m1/s1. The molecule has 4 rings (SSSR count). The summed E-state index contributed by atoms with van der Waals surface area (Å²) in [5.74, 6) is 1.15. The Balaban J connectivity index is 1.38.